The van der Waals surface area contributed by atoms with E-state index in [-0.39, 0.29) is 25.7 Å². The van der Waals surface area contributed by atoms with Crippen LogP contribution in [-0.2, 0) is 65.4 Å². The number of ether oxygens (including phenoxy) is 4. The molecule has 0 aromatic rings. The highest BCUT2D eigenvalue weighted by Gasteiger charge is 2.30. The molecule has 5 unspecified atom stereocenters. The summed E-state index contributed by atoms with van der Waals surface area (Å²) in [5, 5.41) is 10.6. The molecule has 17 nitrogen and oxygen atoms in total. The number of phosphoric ester groups is 2. The molecule has 0 aromatic carbocycles. The molecule has 0 bridgehead atoms. The number of aliphatic hydroxyl groups excluding tert-OH is 1. The highest BCUT2D eigenvalue weighted by molar-refractivity contribution is 7.47. The summed E-state index contributed by atoms with van der Waals surface area (Å²) in [6.45, 7) is 14.0. The number of aliphatic hydroxyl groups is 1. The van der Waals surface area contributed by atoms with E-state index in [0.717, 1.165) is 114 Å². The van der Waals surface area contributed by atoms with Crippen LogP contribution in [0.2, 0.25) is 0 Å². The Balaban J connectivity index is 5.26. The Hall–Kier alpha value is -1.94. The van der Waals surface area contributed by atoms with Gasteiger partial charge in [0.15, 0.2) is 12.2 Å². The molecule has 0 aliphatic heterocycles. The molecule has 0 rings (SSSR count). The summed E-state index contributed by atoms with van der Waals surface area (Å²) in [5.74, 6) is 0.851. The van der Waals surface area contributed by atoms with Crippen molar-refractivity contribution in [3.05, 3.63) is 0 Å². The van der Waals surface area contributed by atoms with E-state index in [1.54, 1.807) is 0 Å². The van der Waals surface area contributed by atoms with E-state index in [0.29, 0.717) is 25.7 Å². The van der Waals surface area contributed by atoms with Gasteiger partial charge in [0.1, 0.15) is 19.3 Å². The summed E-state index contributed by atoms with van der Waals surface area (Å²) in [7, 11) is -9.90. The van der Waals surface area contributed by atoms with Gasteiger partial charge in [-0.05, 0) is 49.4 Å². The summed E-state index contributed by atoms with van der Waals surface area (Å²) in [4.78, 5) is 72.4. The van der Waals surface area contributed by atoms with Crippen molar-refractivity contribution in [2.75, 3.05) is 39.6 Å². The molecular weight excluding hydrogens is 1150 g/mol. The SMILES string of the molecule is CCC(C)CCCCCCCCCCC(=O)O[C@H](COC(=O)CCCCCCCCCCCCCC(C)C)COP(=O)(O)OCC(O)COP(=O)(O)OC[C@@H](COC(=O)CCCCCCCCCCC(C)C)OC(=O)CCCCCCCCC(C)CC. The van der Waals surface area contributed by atoms with Crippen LogP contribution in [0.1, 0.15) is 331 Å². The first kappa shape index (κ1) is 85.1. The molecule has 0 radical (unpaired) electrons. The molecule has 19 heteroatoms. The van der Waals surface area contributed by atoms with Gasteiger partial charge in [-0.2, -0.15) is 0 Å². The number of hydrogen-bond acceptors (Lipinski definition) is 15. The molecule has 0 aliphatic carbocycles. The lowest BCUT2D eigenvalue weighted by Crippen LogP contribution is -2.30. The third-order valence-corrected chi connectivity index (χ3v) is 18.2. The molecule has 0 saturated heterocycles. The largest absolute Gasteiger partial charge is 0.472 e. The second kappa shape index (κ2) is 57.9. The number of unbranched alkanes of at least 4 members (excludes halogenated alkanes) is 29. The number of carbonyl (C=O) groups excluding carboxylic acids is 4. The van der Waals surface area contributed by atoms with Gasteiger partial charge >= 0.3 is 39.5 Å². The van der Waals surface area contributed by atoms with Crippen LogP contribution in [0.4, 0.5) is 0 Å². The second-order valence-corrected chi connectivity index (χ2v) is 28.9. The van der Waals surface area contributed by atoms with Gasteiger partial charge in [0.05, 0.1) is 26.4 Å². The molecule has 0 aliphatic rings. The first-order valence-corrected chi connectivity index (χ1v) is 38.3. The summed E-state index contributed by atoms with van der Waals surface area (Å²) in [5.41, 5.74) is 0. The summed E-state index contributed by atoms with van der Waals surface area (Å²) in [6.07, 6.45) is 38.9. The molecule has 0 amide bonds. The minimum absolute atomic E-state index is 0.102. The van der Waals surface area contributed by atoms with E-state index in [1.807, 2.05) is 0 Å². The minimum atomic E-state index is -4.95. The summed E-state index contributed by atoms with van der Waals surface area (Å²) < 4.78 is 68.2. The molecule has 0 spiro atoms. The third-order valence-electron chi connectivity index (χ3n) is 16.3. The maximum atomic E-state index is 13.0. The highest BCUT2D eigenvalue weighted by atomic mass is 31.2. The van der Waals surface area contributed by atoms with Gasteiger partial charge in [-0.1, -0.05) is 280 Å². The van der Waals surface area contributed by atoms with Crippen molar-refractivity contribution in [2.24, 2.45) is 23.7 Å². The van der Waals surface area contributed by atoms with Crippen LogP contribution in [0.15, 0.2) is 0 Å². The maximum Gasteiger partial charge on any atom is 0.472 e. The van der Waals surface area contributed by atoms with Crippen molar-refractivity contribution in [1.82, 2.24) is 0 Å². The molecule has 516 valence electrons. The fourth-order valence-corrected chi connectivity index (χ4v) is 11.7. The van der Waals surface area contributed by atoms with Gasteiger partial charge < -0.3 is 33.8 Å². The van der Waals surface area contributed by atoms with Crippen molar-refractivity contribution >= 4 is 39.5 Å². The van der Waals surface area contributed by atoms with Gasteiger partial charge in [0, 0.05) is 25.7 Å². The second-order valence-electron chi connectivity index (χ2n) is 26.0. The molecule has 0 heterocycles. The van der Waals surface area contributed by atoms with Crippen molar-refractivity contribution in [3.8, 4) is 0 Å². The van der Waals surface area contributed by atoms with Gasteiger partial charge in [0.2, 0.25) is 0 Å². The van der Waals surface area contributed by atoms with Crippen LogP contribution in [0.3, 0.4) is 0 Å². The molecule has 3 N–H and O–H groups in total. The average molecular weight is 1280 g/mol. The molecule has 7 atom stereocenters. The number of carbonyl (C=O) groups is 4. The van der Waals surface area contributed by atoms with E-state index in [2.05, 4.69) is 55.4 Å². The predicted molar refractivity (Wildman–Crippen MR) is 349 cm³/mol. The van der Waals surface area contributed by atoms with Crippen LogP contribution in [0, 0.1) is 23.7 Å². The lowest BCUT2D eigenvalue weighted by Gasteiger charge is -2.21. The van der Waals surface area contributed by atoms with Gasteiger partial charge in [-0.25, -0.2) is 9.13 Å². The predicted octanol–water partition coefficient (Wildman–Crippen LogP) is 18.9. The fourth-order valence-electron chi connectivity index (χ4n) is 10.1. The lowest BCUT2D eigenvalue weighted by molar-refractivity contribution is -0.161. The zero-order chi connectivity index (χ0) is 64.7. The van der Waals surface area contributed by atoms with Crippen molar-refractivity contribution in [2.45, 2.75) is 350 Å². The number of phosphoric acid groups is 2. The number of esters is 4. The minimum Gasteiger partial charge on any atom is -0.462 e. The van der Waals surface area contributed by atoms with E-state index >= 15 is 0 Å². The molecular formula is C68H132O17P2. The van der Waals surface area contributed by atoms with Crippen LogP contribution >= 0.6 is 15.6 Å². The topological polar surface area (TPSA) is 237 Å². The lowest BCUT2D eigenvalue weighted by atomic mass is 9.99. The number of hydrogen-bond donors (Lipinski definition) is 3. The average Bonchev–Trinajstić information content (AvgIpc) is 3.67. The molecule has 87 heavy (non-hydrogen) atoms. The normalized spacial score (nSPS) is 15.0. The quantitative estimate of drug-likeness (QED) is 0.0222. The Bertz CT molecular complexity index is 1730. The summed E-state index contributed by atoms with van der Waals surface area (Å²) in [6, 6.07) is 0. The van der Waals surface area contributed by atoms with Crippen LogP contribution in [-0.4, -0.2) is 96.7 Å². The summed E-state index contributed by atoms with van der Waals surface area (Å²) >= 11 is 0. The van der Waals surface area contributed by atoms with Crippen LogP contribution < -0.4 is 0 Å². The van der Waals surface area contributed by atoms with E-state index in [9.17, 15) is 43.2 Å². The molecule has 0 fully saturated rings. The zero-order valence-corrected chi connectivity index (χ0v) is 58.4. The zero-order valence-electron chi connectivity index (χ0n) is 56.6. The Morgan fingerprint density at radius 1 is 0.322 bits per heavy atom. The van der Waals surface area contributed by atoms with Crippen LogP contribution in [0.25, 0.3) is 0 Å². The van der Waals surface area contributed by atoms with Crippen molar-refractivity contribution in [1.29, 1.82) is 0 Å². The Kier molecular flexibility index (Phi) is 56.6. The fraction of sp³-hybridized carbons (Fsp3) is 0.941. The smallest absolute Gasteiger partial charge is 0.462 e. The van der Waals surface area contributed by atoms with Crippen molar-refractivity contribution < 1.29 is 80.2 Å². The monoisotopic (exact) mass is 1280 g/mol. The first-order chi connectivity index (χ1) is 41.7. The number of rotatable bonds is 65. The third kappa shape index (κ3) is 60.1. The first-order valence-electron chi connectivity index (χ1n) is 35.3. The van der Waals surface area contributed by atoms with Gasteiger partial charge in [-0.15, -0.1) is 0 Å². The Morgan fingerprint density at radius 3 is 0.816 bits per heavy atom. The Morgan fingerprint density at radius 2 is 0.552 bits per heavy atom. The standard InChI is InChI=1S/C68H132O17P2/c1-9-60(7)46-38-30-22-17-19-25-34-42-50-67(72)84-63(54-78-65(70)48-40-32-23-15-13-11-12-14-20-28-36-44-58(3)4)56-82-86(74,75)80-52-62(69)53-81-87(76,77)83-57-64(85-68(73)51-43-35-27-26-31-39-47-61(8)10-2)55-79-66(71)49-41-33-24-18-16-21-29-37-45-59(5)6/h58-64,69H,9-57H2,1-8H3,(H,74,75)(H,76,77)/t60?,61?,62?,63-,64-/m1/s1. The highest BCUT2D eigenvalue weighted by Crippen LogP contribution is 2.45. The van der Waals surface area contributed by atoms with Gasteiger partial charge in [-0.3, -0.25) is 37.3 Å². The van der Waals surface area contributed by atoms with E-state index in [4.69, 9.17) is 37.0 Å². The molecule has 0 aromatic heterocycles. The Labute approximate surface area is 530 Å². The van der Waals surface area contributed by atoms with Crippen molar-refractivity contribution in [3.63, 3.8) is 0 Å². The molecule has 0 saturated carbocycles. The maximum absolute atomic E-state index is 13.0. The van der Waals surface area contributed by atoms with Gasteiger partial charge in [0.25, 0.3) is 0 Å². The van der Waals surface area contributed by atoms with E-state index in [1.165, 1.54) is 135 Å². The van der Waals surface area contributed by atoms with E-state index < -0.39 is 97.5 Å². The van der Waals surface area contributed by atoms with Crippen LogP contribution in [0.5, 0.6) is 0 Å².